The van der Waals surface area contributed by atoms with E-state index in [0.29, 0.717) is 22.3 Å². The highest BCUT2D eigenvalue weighted by molar-refractivity contribution is 6.36. The van der Waals surface area contributed by atoms with Crippen LogP contribution in [0.25, 0.3) is 0 Å². The molecule has 0 saturated carbocycles. The molecule has 2 aromatic rings. The first kappa shape index (κ1) is 17.8. The summed E-state index contributed by atoms with van der Waals surface area (Å²) in [5, 5.41) is 3.66. The molecule has 1 unspecified atom stereocenters. The van der Waals surface area contributed by atoms with E-state index >= 15 is 0 Å². The van der Waals surface area contributed by atoms with Crippen LogP contribution in [0.3, 0.4) is 0 Å². The number of nitrogens with zero attached hydrogens (tertiary/aromatic N) is 1. The normalized spacial score (nSPS) is 17.0. The Labute approximate surface area is 156 Å². The number of aryl methyl sites for hydroxylation is 2. The second-order valence-electron chi connectivity index (χ2n) is 6.31. The van der Waals surface area contributed by atoms with Crippen LogP contribution in [0.15, 0.2) is 36.4 Å². The Morgan fingerprint density at radius 1 is 1.16 bits per heavy atom. The summed E-state index contributed by atoms with van der Waals surface area (Å²) in [7, 11) is 0. The largest absolute Gasteiger partial charge is 0.324 e. The van der Waals surface area contributed by atoms with Gasteiger partial charge in [-0.15, -0.1) is 0 Å². The van der Waals surface area contributed by atoms with Crippen LogP contribution in [-0.2, 0) is 9.59 Å². The highest BCUT2D eigenvalue weighted by atomic mass is 35.5. The average Bonchev–Trinajstić information content (AvgIpc) is 2.92. The van der Waals surface area contributed by atoms with Crippen molar-refractivity contribution in [2.45, 2.75) is 20.3 Å². The van der Waals surface area contributed by atoms with Crippen LogP contribution >= 0.6 is 23.2 Å². The van der Waals surface area contributed by atoms with E-state index in [4.69, 9.17) is 23.2 Å². The molecule has 25 heavy (non-hydrogen) atoms. The summed E-state index contributed by atoms with van der Waals surface area (Å²) in [5.41, 5.74) is 3.51. The van der Waals surface area contributed by atoms with Gasteiger partial charge in [0.2, 0.25) is 11.8 Å². The van der Waals surface area contributed by atoms with Gasteiger partial charge < -0.3 is 10.2 Å². The van der Waals surface area contributed by atoms with Crippen LogP contribution in [0.5, 0.6) is 0 Å². The molecule has 1 aliphatic rings. The fourth-order valence-electron chi connectivity index (χ4n) is 3.05. The van der Waals surface area contributed by atoms with Crippen molar-refractivity contribution in [3.05, 3.63) is 57.6 Å². The number of benzene rings is 2. The zero-order valence-corrected chi connectivity index (χ0v) is 15.5. The highest BCUT2D eigenvalue weighted by Gasteiger charge is 2.35. The summed E-state index contributed by atoms with van der Waals surface area (Å²) in [4.78, 5) is 26.6. The quantitative estimate of drug-likeness (QED) is 0.850. The second kappa shape index (κ2) is 7.06. The van der Waals surface area contributed by atoms with Crippen molar-refractivity contribution in [1.82, 2.24) is 0 Å². The lowest BCUT2D eigenvalue weighted by Gasteiger charge is -2.19. The third kappa shape index (κ3) is 3.80. The molecule has 3 rings (SSSR count). The molecule has 1 fully saturated rings. The van der Waals surface area contributed by atoms with Gasteiger partial charge >= 0.3 is 0 Å². The lowest BCUT2D eigenvalue weighted by molar-refractivity contribution is -0.122. The molecule has 0 aliphatic carbocycles. The number of halogens is 2. The van der Waals surface area contributed by atoms with Gasteiger partial charge in [-0.2, -0.15) is 0 Å². The Balaban J connectivity index is 1.74. The predicted molar refractivity (Wildman–Crippen MR) is 101 cm³/mol. The van der Waals surface area contributed by atoms with Gasteiger partial charge in [0.1, 0.15) is 0 Å². The molecule has 0 aromatic heterocycles. The lowest BCUT2D eigenvalue weighted by atomic mass is 10.1. The van der Waals surface area contributed by atoms with Gasteiger partial charge in [0.05, 0.1) is 16.6 Å². The zero-order valence-electron chi connectivity index (χ0n) is 14.0. The van der Waals surface area contributed by atoms with Gasteiger partial charge in [-0.1, -0.05) is 40.9 Å². The van der Waals surface area contributed by atoms with Crippen molar-refractivity contribution in [2.75, 3.05) is 16.8 Å². The SMILES string of the molecule is Cc1ccc(N2CC(C(=O)Nc3ccc(Cl)cc3Cl)CC2=O)c(C)c1. The molecule has 2 aromatic carbocycles. The number of nitrogens with one attached hydrogen (secondary N) is 1. The molecule has 1 heterocycles. The summed E-state index contributed by atoms with van der Waals surface area (Å²) in [6.07, 6.45) is 0.185. The third-order valence-corrected chi connectivity index (χ3v) is 4.88. The number of rotatable bonds is 3. The van der Waals surface area contributed by atoms with Gasteiger partial charge in [-0.05, 0) is 43.7 Å². The Morgan fingerprint density at radius 2 is 1.92 bits per heavy atom. The van der Waals surface area contributed by atoms with Crippen molar-refractivity contribution in [3.63, 3.8) is 0 Å². The molecule has 1 N–H and O–H groups in total. The molecule has 1 aliphatic heterocycles. The number of hydrogen-bond donors (Lipinski definition) is 1. The minimum absolute atomic E-state index is 0.0469. The smallest absolute Gasteiger partial charge is 0.229 e. The molecule has 0 bridgehead atoms. The monoisotopic (exact) mass is 376 g/mol. The van der Waals surface area contributed by atoms with Crippen LogP contribution < -0.4 is 10.2 Å². The first-order valence-electron chi connectivity index (χ1n) is 7.98. The number of hydrogen-bond acceptors (Lipinski definition) is 2. The molecule has 130 valence electrons. The summed E-state index contributed by atoms with van der Waals surface area (Å²) < 4.78 is 0. The maximum atomic E-state index is 12.5. The van der Waals surface area contributed by atoms with E-state index in [2.05, 4.69) is 5.32 Å². The molecule has 0 spiro atoms. The van der Waals surface area contributed by atoms with Crippen molar-refractivity contribution in [1.29, 1.82) is 0 Å². The van der Waals surface area contributed by atoms with Crippen LogP contribution in [0.1, 0.15) is 17.5 Å². The minimum Gasteiger partial charge on any atom is -0.324 e. The number of carbonyl (C=O) groups is 2. The van der Waals surface area contributed by atoms with Crippen molar-refractivity contribution < 1.29 is 9.59 Å². The predicted octanol–water partition coefficient (Wildman–Crippen LogP) is 4.60. The number of amides is 2. The Hall–Kier alpha value is -2.04. The van der Waals surface area contributed by atoms with Gasteiger partial charge in [-0.25, -0.2) is 0 Å². The third-order valence-electron chi connectivity index (χ3n) is 4.33. The van der Waals surface area contributed by atoms with E-state index in [1.54, 1.807) is 23.1 Å². The van der Waals surface area contributed by atoms with E-state index in [9.17, 15) is 9.59 Å². The molecule has 1 atom stereocenters. The lowest BCUT2D eigenvalue weighted by Crippen LogP contribution is -2.28. The van der Waals surface area contributed by atoms with Crippen LogP contribution in [-0.4, -0.2) is 18.4 Å². The number of carbonyl (C=O) groups excluding carboxylic acids is 2. The van der Waals surface area contributed by atoms with Gasteiger partial charge in [0, 0.05) is 23.7 Å². The molecule has 2 amide bonds. The minimum atomic E-state index is -0.417. The first-order chi connectivity index (χ1) is 11.8. The molecule has 1 saturated heterocycles. The van der Waals surface area contributed by atoms with E-state index in [0.717, 1.165) is 16.8 Å². The topological polar surface area (TPSA) is 49.4 Å². The summed E-state index contributed by atoms with van der Waals surface area (Å²) in [6, 6.07) is 10.8. The Bertz CT molecular complexity index is 851. The van der Waals surface area contributed by atoms with Crippen molar-refractivity contribution >= 4 is 46.4 Å². The van der Waals surface area contributed by atoms with Gasteiger partial charge in [0.25, 0.3) is 0 Å². The summed E-state index contributed by atoms with van der Waals surface area (Å²) in [5.74, 6) is -0.681. The molecule has 0 radical (unpaired) electrons. The van der Waals surface area contributed by atoms with Crippen LogP contribution in [0.4, 0.5) is 11.4 Å². The maximum Gasteiger partial charge on any atom is 0.229 e. The summed E-state index contributed by atoms with van der Waals surface area (Å²) >= 11 is 12.0. The van der Waals surface area contributed by atoms with E-state index in [1.165, 1.54) is 0 Å². The molecule has 6 heteroatoms. The number of anilines is 2. The van der Waals surface area contributed by atoms with Crippen LogP contribution in [0, 0.1) is 19.8 Å². The summed E-state index contributed by atoms with van der Waals surface area (Å²) in [6.45, 7) is 4.34. The van der Waals surface area contributed by atoms with E-state index in [-0.39, 0.29) is 18.2 Å². The highest BCUT2D eigenvalue weighted by Crippen LogP contribution is 2.30. The zero-order chi connectivity index (χ0) is 18.1. The molecular formula is C19H18Cl2N2O2. The first-order valence-corrected chi connectivity index (χ1v) is 8.74. The van der Waals surface area contributed by atoms with Crippen LogP contribution in [0.2, 0.25) is 10.0 Å². The average molecular weight is 377 g/mol. The second-order valence-corrected chi connectivity index (χ2v) is 7.15. The standard InChI is InChI=1S/C19H18Cl2N2O2/c1-11-3-6-17(12(2)7-11)23-10-13(8-18(23)24)19(25)22-16-5-4-14(20)9-15(16)21/h3-7,9,13H,8,10H2,1-2H3,(H,22,25). The maximum absolute atomic E-state index is 12.5. The fraction of sp³-hybridized carbons (Fsp3) is 0.263. The van der Waals surface area contributed by atoms with E-state index < -0.39 is 5.92 Å². The van der Waals surface area contributed by atoms with Crippen molar-refractivity contribution in [3.8, 4) is 0 Å². The molecule has 4 nitrogen and oxygen atoms in total. The molecular weight excluding hydrogens is 359 g/mol. The Kier molecular flexibility index (Phi) is 5.02. The van der Waals surface area contributed by atoms with E-state index in [1.807, 2.05) is 32.0 Å². The van der Waals surface area contributed by atoms with Crippen molar-refractivity contribution in [2.24, 2.45) is 5.92 Å². The van der Waals surface area contributed by atoms with Gasteiger partial charge in [-0.3, -0.25) is 9.59 Å². The fourth-order valence-corrected chi connectivity index (χ4v) is 3.51. The Morgan fingerprint density at radius 3 is 2.60 bits per heavy atom. The van der Waals surface area contributed by atoms with Gasteiger partial charge in [0.15, 0.2) is 0 Å².